The average molecular weight is 465 g/mol. The van der Waals surface area contributed by atoms with E-state index in [2.05, 4.69) is 9.80 Å². The number of morpholine rings is 1. The SMILES string of the molecule is COc1cccc(Oc2nc(N3CCOCC3)nc3c2CN(Cc2cc(C)ccc2F)CC3)c1. The number of rotatable bonds is 6. The van der Waals surface area contributed by atoms with Crippen LogP contribution in [0.4, 0.5) is 10.3 Å². The van der Waals surface area contributed by atoms with Crippen LogP contribution in [0.25, 0.3) is 0 Å². The Morgan fingerprint density at radius 3 is 2.68 bits per heavy atom. The Kier molecular flexibility index (Phi) is 6.60. The van der Waals surface area contributed by atoms with Crippen molar-refractivity contribution < 1.29 is 18.6 Å². The Morgan fingerprint density at radius 2 is 1.85 bits per heavy atom. The highest BCUT2D eigenvalue weighted by Crippen LogP contribution is 2.33. The minimum atomic E-state index is -0.178. The number of hydrogen-bond acceptors (Lipinski definition) is 7. The van der Waals surface area contributed by atoms with E-state index in [4.69, 9.17) is 24.2 Å². The van der Waals surface area contributed by atoms with Crippen LogP contribution in [-0.2, 0) is 24.2 Å². The molecule has 7 nitrogen and oxygen atoms in total. The largest absolute Gasteiger partial charge is 0.497 e. The van der Waals surface area contributed by atoms with E-state index in [0.717, 1.165) is 42.9 Å². The fourth-order valence-electron chi connectivity index (χ4n) is 4.39. The van der Waals surface area contributed by atoms with Gasteiger partial charge in [0.2, 0.25) is 11.8 Å². The first-order valence-corrected chi connectivity index (χ1v) is 11.6. The number of methoxy groups -OCH3 is 1. The van der Waals surface area contributed by atoms with E-state index in [-0.39, 0.29) is 5.82 Å². The smallest absolute Gasteiger partial charge is 0.229 e. The van der Waals surface area contributed by atoms with Crippen molar-refractivity contribution >= 4 is 5.95 Å². The van der Waals surface area contributed by atoms with E-state index < -0.39 is 0 Å². The van der Waals surface area contributed by atoms with Gasteiger partial charge in [-0.1, -0.05) is 23.8 Å². The fraction of sp³-hybridized carbons (Fsp3) is 0.385. The van der Waals surface area contributed by atoms with E-state index in [9.17, 15) is 4.39 Å². The van der Waals surface area contributed by atoms with Crippen LogP contribution in [0.15, 0.2) is 42.5 Å². The van der Waals surface area contributed by atoms with Crippen LogP contribution in [0.3, 0.4) is 0 Å². The van der Waals surface area contributed by atoms with Gasteiger partial charge in [-0.15, -0.1) is 0 Å². The first kappa shape index (κ1) is 22.6. The molecule has 0 N–H and O–H groups in total. The molecule has 1 fully saturated rings. The third-order valence-corrected chi connectivity index (χ3v) is 6.23. The molecule has 0 saturated carbocycles. The number of aryl methyl sites for hydroxylation is 1. The van der Waals surface area contributed by atoms with Crippen LogP contribution < -0.4 is 14.4 Å². The van der Waals surface area contributed by atoms with Gasteiger partial charge in [-0.2, -0.15) is 4.98 Å². The highest BCUT2D eigenvalue weighted by molar-refractivity contribution is 5.44. The molecule has 3 aromatic rings. The van der Waals surface area contributed by atoms with Crippen LogP contribution in [0, 0.1) is 12.7 Å². The monoisotopic (exact) mass is 464 g/mol. The van der Waals surface area contributed by atoms with Gasteiger partial charge in [-0.05, 0) is 25.1 Å². The summed E-state index contributed by atoms with van der Waals surface area (Å²) in [5, 5.41) is 0. The maximum Gasteiger partial charge on any atom is 0.229 e. The van der Waals surface area contributed by atoms with Gasteiger partial charge in [0.15, 0.2) is 0 Å². The van der Waals surface area contributed by atoms with Crippen LogP contribution in [-0.4, -0.2) is 54.8 Å². The van der Waals surface area contributed by atoms with Gasteiger partial charge in [0.05, 0.1) is 31.6 Å². The predicted molar refractivity (Wildman–Crippen MR) is 127 cm³/mol. The summed E-state index contributed by atoms with van der Waals surface area (Å²) in [7, 11) is 1.63. The number of benzene rings is 2. The molecule has 1 saturated heterocycles. The van der Waals surface area contributed by atoms with Crippen molar-refractivity contribution in [1.82, 2.24) is 14.9 Å². The predicted octanol–water partition coefficient (Wildman–Crippen LogP) is 4.12. The molecule has 2 aliphatic rings. The van der Waals surface area contributed by atoms with Gasteiger partial charge in [-0.3, -0.25) is 4.90 Å². The zero-order chi connectivity index (χ0) is 23.5. The number of aromatic nitrogens is 2. The molecule has 178 valence electrons. The molecular formula is C26H29FN4O3. The Bertz CT molecular complexity index is 1170. The summed E-state index contributed by atoms with van der Waals surface area (Å²) >= 11 is 0. The zero-order valence-electron chi connectivity index (χ0n) is 19.6. The van der Waals surface area contributed by atoms with Gasteiger partial charge in [0.1, 0.15) is 17.3 Å². The molecule has 0 aliphatic carbocycles. The standard InChI is InChI=1S/C26H29FN4O3/c1-18-6-7-23(27)19(14-18)16-30-9-8-24-22(17-30)25(34-21-5-3-4-20(15-21)32-2)29-26(28-24)31-10-12-33-13-11-31/h3-7,14-15H,8-13,16-17H2,1-2H3. The molecule has 0 radical (unpaired) electrons. The van der Waals surface area contributed by atoms with Gasteiger partial charge >= 0.3 is 0 Å². The molecule has 0 unspecified atom stereocenters. The van der Waals surface area contributed by atoms with Crippen molar-refractivity contribution in [1.29, 1.82) is 0 Å². The second-order valence-corrected chi connectivity index (χ2v) is 8.69. The first-order chi connectivity index (χ1) is 16.6. The van der Waals surface area contributed by atoms with E-state index in [1.165, 1.54) is 6.07 Å². The second-order valence-electron chi connectivity index (χ2n) is 8.69. The summed E-state index contributed by atoms with van der Waals surface area (Å²) in [6.07, 6.45) is 0.747. The summed E-state index contributed by atoms with van der Waals surface area (Å²) in [4.78, 5) is 14.1. The van der Waals surface area contributed by atoms with Crippen LogP contribution in [0.5, 0.6) is 17.4 Å². The minimum absolute atomic E-state index is 0.178. The zero-order valence-corrected chi connectivity index (χ0v) is 19.6. The lowest BCUT2D eigenvalue weighted by Crippen LogP contribution is -2.38. The molecule has 0 bridgehead atoms. The topological polar surface area (TPSA) is 60.0 Å². The fourth-order valence-corrected chi connectivity index (χ4v) is 4.39. The van der Waals surface area contributed by atoms with Crippen molar-refractivity contribution in [2.75, 3.05) is 44.9 Å². The van der Waals surface area contributed by atoms with E-state index in [1.807, 2.05) is 37.3 Å². The molecular weight excluding hydrogens is 435 g/mol. The third kappa shape index (κ3) is 4.98. The highest BCUT2D eigenvalue weighted by atomic mass is 19.1. The van der Waals surface area contributed by atoms with Crippen LogP contribution in [0.1, 0.15) is 22.4 Å². The average Bonchev–Trinajstić information content (AvgIpc) is 2.87. The summed E-state index contributed by atoms with van der Waals surface area (Å²) in [5.74, 6) is 2.39. The number of anilines is 1. The Balaban J connectivity index is 1.46. The maximum atomic E-state index is 14.4. The quantitative estimate of drug-likeness (QED) is 0.544. The third-order valence-electron chi connectivity index (χ3n) is 6.23. The Morgan fingerprint density at radius 1 is 1.03 bits per heavy atom. The molecule has 5 rings (SSSR count). The summed E-state index contributed by atoms with van der Waals surface area (Å²) in [6, 6.07) is 12.7. The molecule has 34 heavy (non-hydrogen) atoms. The molecule has 0 atom stereocenters. The number of halogens is 1. The van der Waals surface area contributed by atoms with Crippen molar-refractivity contribution in [3.8, 4) is 17.4 Å². The van der Waals surface area contributed by atoms with Gasteiger partial charge in [0, 0.05) is 50.8 Å². The first-order valence-electron chi connectivity index (χ1n) is 11.6. The minimum Gasteiger partial charge on any atom is -0.497 e. The molecule has 8 heteroatoms. The van der Waals surface area contributed by atoms with Crippen molar-refractivity contribution in [2.45, 2.75) is 26.4 Å². The summed E-state index contributed by atoms with van der Waals surface area (Å²) < 4.78 is 31.6. The lowest BCUT2D eigenvalue weighted by molar-refractivity contribution is 0.122. The number of hydrogen-bond donors (Lipinski definition) is 0. The summed E-state index contributed by atoms with van der Waals surface area (Å²) in [6.45, 7) is 6.69. The Hall–Kier alpha value is -3.23. The lowest BCUT2D eigenvalue weighted by Gasteiger charge is -2.32. The van der Waals surface area contributed by atoms with Gasteiger partial charge in [-0.25, -0.2) is 9.37 Å². The van der Waals surface area contributed by atoms with Crippen molar-refractivity contribution in [3.05, 3.63) is 70.7 Å². The van der Waals surface area contributed by atoms with Crippen molar-refractivity contribution in [2.24, 2.45) is 0 Å². The molecule has 0 spiro atoms. The van der Waals surface area contributed by atoms with E-state index in [1.54, 1.807) is 13.2 Å². The molecule has 0 amide bonds. The normalized spacial score (nSPS) is 16.3. The van der Waals surface area contributed by atoms with Crippen LogP contribution >= 0.6 is 0 Å². The molecule has 2 aliphatic heterocycles. The van der Waals surface area contributed by atoms with Gasteiger partial charge in [0.25, 0.3) is 0 Å². The highest BCUT2D eigenvalue weighted by Gasteiger charge is 2.26. The molecule has 2 aromatic carbocycles. The van der Waals surface area contributed by atoms with Gasteiger partial charge < -0.3 is 19.1 Å². The van der Waals surface area contributed by atoms with E-state index in [0.29, 0.717) is 55.2 Å². The molecule has 3 heterocycles. The molecule has 1 aromatic heterocycles. The van der Waals surface area contributed by atoms with E-state index >= 15 is 0 Å². The number of ether oxygens (including phenoxy) is 3. The number of fused-ring (bicyclic) bond motifs is 1. The lowest BCUT2D eigenvalue weighted by atomic mass is 10.0. The van der Waals surface area contributed by atoms with Crippen LogP contribution in [0.2, 0.25) is 0 Å². The summed E-state index contributed by atoms with van der Waals surface area (Å²) in [5.41, 5.74) is 3.67. The Labute approximate surface area is 199 Å². The number of nitrogens with zero attached hydrogens (tertiary/aromatic N) is 4. The second kappa shape index (κ2) is 9.95. The maximum absolute atomic E-state index is 14.4. The van der Waals surface area contributed by atoms with Crippen molar-refractivity contribution in [3.63, 3.8) is 0 Å².